The number of carboxylic acid groups (broad SMARTS) is 1. The maximum Gasteiger partial charge on any atom is 0.328 e. The van der Waals surface area contributed by atoms with Crippen LogP contribution in [0.4, 0.5) is 0 Å². The van der Waals surface area contributed by atoms with E-state index >= 15 is 0 Å². The fraction of sp³-hybridized carbons (Fsp3) is 0.500. The number of nitrogens with two attached hydrogens (primary N) is 1. The number of aliphatic hydroxyl groups excluding tert-OH is 1. The van der Waals surface area contributed by atoms with E-state index in [9.17, 15) is 29.4 Å². The largest absolute Gasteiger partial charge is 0.480 e. The van der Waals surface area contributed by atoms with Crippen molar-refractivity contribution in [2.75, 3.05) is 0 Å². The quantitative estimate of drug-likeness (QED) is 0.219. The fourth-order valence-corrected chi connectivity index (χ4v) is 3.65. The summed E-state index contributed by atoms with van der Waals surface area (Å²) < 4.78 is 0. The number of fused-ring (bicyclic) bond motifs is 1. The summed E-state index contributed by atoms with van der Waals surface area (Å²) in [5, 5.41) is 27.6. The van der Waals surface area contributed by atoms with Gasteiger partial charge >= 0.3 is 5.97 Å². The third-order valence-corrected chi connectivity index (χ3v) is 5.53. The lowest BCUT2D eigenvalue weighted by Gasteiger charge is -2.26. The molecule has 5 unspecified atom stereocenters. The highest BCUT2D eigenvalue weighted by molar-refractivity contribution is 5.94. The van der Waals surface area contributed by atoms with Crippen LogP contribution >= 0.6 is 0 Å². The van der Waals surface area contributed by atoms with E-state index in [0.717, 1.165) is 16.5 Å². The first-order valence-electron chi connectivity index (χ1n) is 11.5. The maximum absolute atomic E-state index is 13.2. The van der Waals surface area contributed by atoms with Gasteiger partial charge in [0, 0.05) is 23.5 Å². The van der Waals surface area contributed by atoms with Gasteiger partial charge < -0.3 is 36.9 Å². The lowest BCUT2D eigenvalue weighted by atomic mass is 10.00. The number of aromatic amines is 1. The van der Waals surface area contributed by atoms with E-state index in [1.54, 1.807) is 6.20 Å². The number of carboxylic acids is 1. The van der Waals surface area contributed by atoms with Crippen LogP contribution in [-0.4, -0.2) is 69.2 Å². The van der Waals surface area contributed by atoms with Gasteiger partial charge in [0.2, 0.25) is 17.7 Å². The Balaban J connectivity index is 2.33. The van der Waals surface area contributed by atoms with E-state index in [-0.39, 0.29) is 12.3 Å². The van der Waals surface area contributed by atoms with Gasteiger partial charge in [-0.15, -0.1) is 0 Å². The Kier molecular flexibility index (Phi) is 9.78. The van der Waals surface area contributed by atoms with Crippen molar-refractivity contribution in [3.05, 3.63) is 36.0 Å². The molecule has 11 nitrogen and oxygen atoms in total. The molecular formula is C24H35N5O6. The Morgan fingerprint density at radius 3 is 2.11 bits per heavy atom. The van der Waals surface area contributed by atoms with Crippen LogP contribution in [0, 0.1) is 5.92 Å². The van der Waals surface area contributed by atoms with Gasteiger partial charge in [-0.1, -0.05) is 32.0 Å². The first kappa shape index (κ1) is 27.8. The van der Waals surface area contributed by atoms with Gasteiger partial charge in [0.25, 0.3) is 0 Å². The molecule has 0 bridgehead atoms. The summed E-state index contributed by atoms with van der Waals surface area (Å²) in [5.74, 6) is -3.25. The zero-order valence-corrected chi connectivity index (χ0v) is 20.4. The number of hydrogen-bond donors (Lipinski definition) is 7. The fourth-order valence-electron chi connectivity index (χ4n) is 3.65. The predicted octanol–water partition coefficient (Wildman–Crippen LogP) is 0.0235. The number of benzene rings is 1. The van der Waals surface area contributed by atoms with Crippen LogP contribution in [0.3, 0.4) is 0 Å². The Hall–Kier alpha value is -3.44. The van der Waals surface area contributed by atoms with Crippen molar-refractivity contribution in [3.8, 4) is 0 Å². The molecule has 0 spiro atoms. The molecule has 0 aliphatic heterocycles. The average molecular weight is 490 g/mol. The molecule has 1 aromatic carbocycles. The van der Waals surface area contributed by atoms with Crippen LogP contribution in [0.2, 0.25) is 0 Å². The summed E-state index contributed by atoms with van der Waals surface area (Å²) >= 11 is 0. The van der Waals surface area contributed by atoms with E-state index in [0.29, 0.717) is 6.42 Å². The molecule has 1 heterocycles. The highest BCUT2D eigenvalue weighted by atomic mass is 16.4. The van der Waals surface area contributed by atoms with Crippen LogP contribution in [0.15, 0.2) is 30.5 Å². The first-order chi connectivity index (χ1) is 16.4. The molecular weight excluding hydrogens is 454 g/mol. The van der Waals surface area contributed by atoms with E-state index in [1.165, 1.54) is 13.8 Å². The SMILES string of the molecule is CC(C)CC(NC(=O)C(C)N)C(=O)NC(Cc1c[nH]c2ccccc12)C(=O)NC(C(=O)O)C(C)O. The van der Waals surface area contributed by atoms with Gasteiger partial charge in [-0.3, -0.25) is 14.4 Å². The Bertz CT molecular complexity index is 1050. The molecule has 2 rings (SSSR count). The second kappa shape index (κ2) is 12.3. The number of rotatable bonds is 12. The Labute approximate surface area is 203 Å². The molecule has 3 amide bonds. The lowest BCUT2D eigenvalue weighted by Crippen LogP contribution is -2.58. The molecule has 0 fully saturated rings. The minimum atomic E-state index is -1.56. The smallest absolute Gasteiger partial charge is 0.328 e. The number of hydrogen-bond acceptors (Lipinski definition) is 6. The van der Waals surface area contributed by atoms with Crippen molar-refractivity contribution in [2.45, 2.75) is 70.8 Å². The zero-order valence-electron chi connectivity index (χ0n) is 20.4. The summed E-state index contributed by atoms with van der Waals surface area (Å²) in [6.07, 6.45) is 0.699. The minimum Gasteiger partial charge on any atom is -0.480 e. The van der Waals surface area contributed by atoms with Crippen LogP contribution < -0.4 is 21.7 Å². The molecule has 0 saturated carbocycles. The number of aromatic nitrogens is 1. The minimum absolute atomic E-state index is 0.0450. The van der Waals surface area contributed by atoms with Gasteiger partial charge in [-0.05, 0) is 37.8 Å². The standard InChI is InChI=1S/C24H35N5O6/c1-12(2)9-18(27-21(31)13(3)25)22(32)28-19(23(33)29-20(14(4)30)24(34)35)10-15-11-26-17-8-6-5-7-16(15)17/h5-8,11-14,18-20,26,30H,9-10,25H2,1-4H3,(H,27,31)(H,28,32)(H,29,33)(H,34,35). The topological polar surface area (TPSA) is 187 Å². The number of amides is 3. The average Bonchev–Trinajstić information content (AvgIpc) is 3.18. The van der Waals surface area contributed by atoms with E-state index < -0.39 is 54.0 Å². The van der Waals surface area contributed by atoms with Gasteiger partial charge in [0.05, 0.1) is 12.1 Å². The lowest BCUT2D eigenvalue weighted by molar-refractivity contribution is -0.145. The van der Waals surface area contributed by atoms with Crippen molar-refractivity contribution in [3.63, 3.8) is 0 Å². The number of carbonyl (C=O) groups excluding carboxylic acids is 3. The highest BCUT2D eigenvalue weighted by Crippen LogP contribution is 2.19. The zero-order chi connectivity index (χ0) is 26.3. The van der Waals surface area contributed by atoms with Crippen molar-refractivity contribution in [1.29, 1.82) is 0 Å². The second-order valence-electron chi connectivity index (χ2n) is 9.17. The monoisotopic (exact) mass is 489 g/mol. The maximum atomic E-state index is 13.2. The predicted molar refractivity (Wildman–Crippen MR) is 130 cm³/mol. The Morgan fingerprint density at radius 1 is 0.943 bits per heavy atom. The van der Waals surface area contributed by atoms with E-state index in [2.05, 4.69) is 20.9 Å². The molecule has 0 aliphatic carbocycles. The Morgan fingerprint density at radius 2 is 1.54 bits per heavy atom. The summed E-state index contributed by atoms with van der Waals surface area (Å²) in [5.41, 5.74) is 7.19. The van der Waals surface area contributed by atoms with Crippen LogP contribution in [0.1, 0.15) is 39.7 Å². The molecule has 192 valence electrons. The molecule has 5 atom stereocenters. The molecule has 8 N–H and O–H groups in total. The van der Waals surface area contributed by atoms with E-state index in [1.807, 2.05) is 38.1 Å². The van der Waals surface area contributed by atoms with Crippen molar-refractivity contribution >= 4 is 34.6 Å². The van der Waals surface area contributed by atoms with Crippen LogP contribution in [0.25, 0.3) is 10.9 Å². The van der Waals surface area contributed by atoms with Crippen molar-refractivity contribution < 1.29 is 29.4 Å². The summed E-state index contributed by atoms with van der Waals surface area (Å²) in [6.45, 7) is 6.51. The molecule has 0 aliphatic rings. The first-order valence-corrected chi connectivity index (χ1v) is 11.5. The summed E-state index contributed by atoms with van der Waals surface area (Å²) in [4.78, 5) is 53.1. The normalized spacial score (nSPS) is 15.6. The number of aliphatic carboxylic acids is 1. The molecule has 1 aromatic heterocycles. The van der Waals surface area contributed by atoms with Gasteiger partial charge in [-0.2, -0.15) is 0 Å². The molecule has 35 heavy (non-hydrogen) atoms. The molecule has 0 saturated heterocycles. The summed E-state index contributed by atoms with van der Waals surface area (Å²) in [7, 11) is 0. The molecule has 0 radical (unpaired) electrons. The third-order valence-electron chi connectivity index (χ3n) is 5.53. The van der Waals surface area contributed by atoms with Crippen LogP contribution in [-0.2, 0) is 25.6 Å². The van der Waals surface area contributed by atoms with Crippen molar-refractivity contribution in [2.24, 2.45) is 11.7 Å². The molecule has 2 aromatic rings. The number of H-pyrrole nitrogens is 1. The number of para-hydroxylation sites is 1. The van der Waals surface area contributed by atoms with Crippen LogP contribution in [0.5, 0.6) is 0 Å². The molecule has 11 heteroatoms. The second-order valence-corrected chi connectivity index (χ2v) is 9.17. The van der Waals surface area contributed by atoms with E-state index in [4.69, 9.17) is 5.73 Å². The number of aliphatic hydroxyl groups is 1. The van der Waals surface area contributed by atoms with Crippen molar-refractivity contribution in [1.82, 2.24) is 20.9 Å². The van der Waals surface area contributed by atoms with Gasteiger partial charge in [0.1, 0.15) is 12.1 Å². The van der Waals surface area contributed by atoms with Gasteiger partial charge in [-0.25, -0.2) is 4.79 Å². The number of carbonyl (C=O) groups is 4. The van der Waals surface area contributed by atoms with Gasteiger partial charge in [0.15, 0.2) is 6.04 Å². The number of nitrogens with one attached hydrogen (secondary N) is 4. The summed E-state index contributed by atoms with van der Waals surface area (Å²) in [6, 6.07) is 2.90. The third kappa shape index (κ3) is 7.79. The highest BCUT2D eigenvalue weighted by Gasteiger charge is 2.32.